The summed E-state index contributed by atoms with van der Waals surface area (Å²) < 4.78 is 0. The first-order chi connectivity index (χ1) is 9.66. The maximum absolute atomic E-state index is 12.6. The monoisotopic (exact) mass is 304 g/mol. The molecule has 1 unspecified atom stereocenters. The molecule has 0 radical (unpaired) electrons. The highest BCUT2D eigenvalue weighted by molar-refractivity contribution is 6.36. The maximum atomic E-state index is 12.6. The highest BCUT2D eigenvalue weighted by atomic mass is 35.5. The molecule has 0 aliphatic heterocycles. The number of Topliss-reactive ketones (excluding diaryl/α,β-unsaturated/α-hetero) is 1. The molecule has 2 aromatic rings. The summed E-state index contributed by atoms with van der Waals surface area (Å²) in [7, 11) is 0. The molecule has 0 aromatic heterocycles. The quantitative estimate of drug-likeness (QED) is 0.764. The van der Waals surface area contributed by atoms with Crippen LogP contribution in [0.2, 0.25) is 10.0 Å². The Bertz CT molecular complexity index is 644. The van der Waals surface area contributed by atoms with Gasteiger partial charge in [-0.25, -0.2) is 0 Å². The van der Waals surface area contributed by atoms with Crippen molar-refractivity contribution >= 4 is 29.0 Å². The smallest absolute Gasteiger partial charge is 0.166 e. The van der Waals surface area contributed by atoms with E-state index in [2.05, 4.69) is 0 Å². The molecule has 0 saturated carbocycles. The van der Waals surface area contributed by atoms with Gasteiger partial charge in [0.1, 0.15) is 0 Å². The predicted octanol–water partition coefficient (Wildman–Crippen LogP) is 4.98. The Morgan fingerprint density at radius 2 is 1.70 bits per heavy atom. The Hall–Kier alpha value is -1.31. The molecular weight excluding hydrogens is 291 g/mol. The van der Waals surface area contributed by atoms with Crippen LogP contribution in [-0.4, -0.2) is 5.78 Å². The summed E-state index contributed by atoms with van der Waals surface area (Å²) in [6, 6.07) is 13.3. The second kappa shape index (κ2) is 5.59. The third-order valence-electron chi connectivity index (χ3n) is 3.93. The molecular formula is C17H14Cl2O. The molecule has 20 heavy (non-hydrogen) atoms. The van der Waals surface area contributed by atoms with Crippen molar-refractivity contribution in [3.63, 3.8) is 0 Å². The number of fused-ring (bicyclic) bond motifs is 1. The number of carbonyl (C=O) groups is 1. The van der Waals surface area contributed by atoms with E-state index in [0.717, 1.165) is 29.5 Å². The topological polar surface area (TPSA) is 17.1 Å². The predicted molar refractivity (Wildman–Crippen MR) is 82.7 cm³/mol. The number of hydrogen-bond donors (Lipinski definition) is 0. The Labute approximate surface area is 128 Å². The van der Waals surface area contributed by atoms with E-state index in [0.29, 0.717) is 16.5 Å². The number of benzene rings is 2. The van der Waals surface area contributed by atoms with Crippen molar-refractivity contribution in [2.45, 2.75) is 19.3 Å². The van der Waals surface area contributed by atoms with Gasteiger partial charge in [0.25, 0.3) is 0 Å². The number of halogens is 2. The van der Waals surface area contributed by atoms with Gasteiger partial charge in [-0.2, -0.15) is 0 Å². The lowest BCUT2D eigenvalue weighted by Crippen LogP contribution is -2.24. The fourth-order valence-electron chi connectivity index (χ4n) is 2.83. The van der Waals surface area contributed by atoms with Gasteiger partial charge in [0.2, 0.25) is 0 Å². The number of rotatable bonds is 2. The number of aryl methyl sites for hydroxylation is 1. The van der Waals surface area contributed by atoms with Crippen LogP contribution in [-0.2, 0) is 12.8 Å². The second-order valence-electron chi connectivity index (χ2n) is 5.16. The summed E-state index contributed by atoms with van der Waals surface area (Å²) in [5.41, 5.74) is 2.89. The van der Waals surface area contributed by atoms with Gasteiger partial charge in [-0.3, -0.25) is 4.79 Å². The van der Waals surface area contributed by atoms with E-state index in [9.17, 15) is 4.79 Å². The van der Waals surface area contributed by atoms with Crippen molar-refractivity contribution in [3.05, 3.63) is 69.2 Å². The van der Waals surface area contributed by atoms with Crippen LogP contribution < -0.4 is 0 Å². The summed E-state index contributed by atoms with van der Waals surface area (Å²) in [5.74, 6) is 0.185. The van der Waals surface area contributed by atoms with Gasteiger partial charge >= 0.3 is 0 Å². The molecule has 3 heteroatoms. The first-order valence-electron chi connectivity index (χ1n) is 6.72. The van der Waals surface area contributed by atoms with Crippen LogP contribution in [0.25, 0.3) is 0 Å². The van der Waals surface area contributed by atoms with E-state index in [1.54, 1.807) is 0 Å². The van der Waals surface area contributed by atoms with Gasteiger partial charge in [0.05, 0.1) is 0 Å². The van der Waals surface area contributed by atoms with E-state index >= 15 is 0 Å². The zero-order valence-electron chi connectivity index (χ0n) is 10.9. The minimum atomic E-state index is -0.0256. The zero-order chi connectivity index (χ0) is 14.1. The van der Waals surface area contributed by atoms with Crippen molar-refractivity contribution in [3.8, 4) is 0 Å². The lowest BCUT2D eigenvalue weighted by Gasteiger charge is -2.24. The molecule has 1 aliphatic rings. The normalized spacial score (nSPS) is 17.9. The molecule has 3 rings (SSSR count). The minimum absolute atomic E-state index is 0.0256. The largest absolute Gasteiger partial charge is 0.294 e. The van der Waals surface area contributed by atoms with Crippen LogP contribution in [0, 0.1) is 5.92 Å². The Kier molecular flexibility index (Phi) is 3.82. The van der Waals surface area contributed by atoms with Gasteiger partial charge in [-0.05, 0) is 42.5 Å². The molecule has 0 spiro atoms. The molecule has 0 heterocycles. The van der Waals surface area contributed by atoms with Crippen LogP contribution in [0.3, 0.4) is 0 Å². The summed E-state index contributed by atoms with van der Waals surface area (Å²) in [5, 5.41) is 1.29. The molecule has 1 atom stereocenters. The zero-order valence-corrected chi connectivity index (χ0v) is 12.4. The van der Waals surface area contributed by atoms with E-state index in [4.69, 9.17) is 23.2 Å². The van der Waals surface area contributed by atoms with Gasteiger partial charge in [-0.1, -0.05) is 53.5 Å². The lowest BCUT2D eigenvalue weighted by atomic mass is 9.80. The van der Waals surface area contributed by atoms with Crippen LogP contribution in [0.1, 0.15) is 27.9 Å². The van der Waals surface area contributed by atoms with Gasteiger partial charge in [-0.15, -0.1) is 0 Å². The van der Waals surface area contributed by atoms with E-state index < -0.39 is 0 Å². The first-order valence-corrected chi connectivity index (χ1v) is 7.47. The highest BCUT2D eigenvalue weighted by Crippen LogP contribution is 2.32. The minimum Gasteiger partial charge on any atom is -0.294 e. The standard InChI is InChI=1S/C17H14Cl2O/c18-15-6-3-7-16(19)14(15)10-12-9-8-11-4-1-2-5-13(11)17(12)20/h1-7,12H,8-10H2. The molecule has 0 bridgehead atoms. The number of carbonyl (C=O) groups excluding carboxylic acids is 1. The summed E-state index contributed by atoms with van der Waals surface area (Å²) in [4.78, 5) is 12.6. The molecule has 0 saturated heterocycles. The van der Waals surface area contributed by atoms with Crippen LogP contribution in [0.15, 0.2) is 42.5 Å². The molecule has 102 valence electrons. The first kappa shape index (κ1) is 13.7. The number of ketones is 1. The van der Waals surface area contributed by atoms with Gasteiger partial charge in [0, 0.05) is 21.5 Å². The summed E-state index contributed by atoms with van der Waals surface area (Å²) >= 11 is 12.4. The van der Waals surface area contributed by atoms with Crippen molar-refractivity contribution < 1.29 is 4.79 Å². The molecule has 0 amide bonds. The average molecular weight is 305 g/mol. The van der Waals surface area contributed by atoms with Crippen molar-refractivity contribution in [1.82, 2.24) is 0 Å². The average Bonchev–Trinajstić information content (AvgIpc) is 2.45. The molecule has 0 fully saturated rings. The Morgan fingerprint density at radius 3 is 2.45 bits per heavy atom. The highest BCUT2D eigenvalue weighted by Gasteiger charge is 2.28. The summed E-state index contributed by atoms with van der Waals surface area (Å²) in [6.07, 6.45) is 2.41. The van der Waals surface area contributed by atoms with Crippen LogP contribution in [0.5, 0.6) is 0 Å². The second-order valence-corrected chi connectivity index (χ2v) is 5.98. The van der Waals surface area contributed by atoms with Crippen molar-refractivity contribution in [1.29, 1.82) is 0 Å². The fourth-order valence-corrected chi connectivity index (χ4v) is 3.38. The Balaban J connectivity index is 1.89. The van der Waals surface area contributed by atoms with E-state index in [1.165, 1.54) is 0 Å². The third-order valence-corrected chi connectivity index (χ3v) is 4.64. The Morgan fingerprint density at radius 1 is 1.00 bits per heavy atom. The molecule has 1 nitrogen and oxygen atoms in total. The SMILES string of the molecule is O=C1c2ccccc2CCC1Cc1c(Cl)cccc1Cl. The van der Waals surface area contributed by atoms with Gasteiger partial charge in [0.15, 0.2) is 5.78 Å². The van der Waals surface area contributed by atoms with Crippen molar-refractivity contribution in [2.75, 3.05) is 0 Å². The van der Waals surface area contributed by atoms with Crippen LogP contribution >= 0.6 is 23.2 Å². The molecule has 0 N–H and O–H groups in total. The molecule has 1 aliphatic carbocycles. The van der Waals surface area contributed by atoms with Crippen molar-refractivity contribution in [2.24, 2.45) is 5.92 Å². The van der Waals surface area contributed by atoms with E-state index in [-0.39, 0.29) is 11.7 Å². The fraction of sp³-hybridized carbons (Fsp3) is 0.235. The van der Waals surface area contributed by atoms with Gasteiger partial charge < -0.3 is 0 Å². The van der Waals surface area contributed by atoms with Crippen LogP contribution in [0.4, 0.5) is 0 Å². The third kappa shape index (κ3) is 2.48. The lowest BCUT2D eigenvalue weighted by molar-refractivity contribution is 0.0901. The molecule has 2 aromatic carbocycles. The van der Waals surface area contributed by atoms with E-state index in [1.807, 2.05) is 42.5 Å². The number of hydrogen-bond acceptors (Lipinski definition) is 1. The maximum Gasteiger partial charge on any atom is 0.166 e. The summed E-state index contributed by atoms with van der Waals surface area (Å²) in [6.45, 7) is 0.